The molecule has 0 spiro atoms. The van der Waals surface area contributed by atoms with Crippen LogP contribution in [0.3, 0.4) is 0 Å². The van der Waals surface area contributed by atoms with E-state index in [-0.39, 0.29) is 12.0 Å². The highest BCUT2D eigenvalue weighted by atomic mass is 16.3. The molecule has 2 N–H and O–H groups in total. The van der Waals surface area contributed by atoms with E-state index in [9.17, 15) is 15.0 Å². The van der Waals surface area contributed by atoms with Crippen molar-refractivity contribution in [2.24, 2.45) is 0 Å². The van der Waals surface area contributed by atoms with Crippen LogP contribution in [0, 0.1) is 0 Å². The number of aliphatic hydroxyl groups is 2. The molecule has 0 aromatic carbocycles. The lowest BCUT2D eigenvalue weighted by molar-refractivity contribution is -0.129. The molecule has 0 rings (SSSR count). The van der Waals surface area contributed by atoms with Gasteiger partial charge >= 0.3 is 0 Å². The lowest BCUT2D eigenvalue weighted by Crippen LogP contribution is -2.22. The zero-order valence-corrected chi connectivity index (χ0v) is 17.6. The summed E-state index contributed by atoms with van der Waals surface area (Å²) < 4.78 is 0. The molecule has 0 aromatic rings. The summed E-state index contributed by atoms with van der Waals surface area (Å²) in [7, 11) is 3.42. The second kappa shape index (κ2) is 18.0. The zero-order chi connectivity index (χ0) is 20.3. The zero-order valence-electron chi connectivity index (χ0n) is 17.6. The molecule has 156 valence electrons. The van der Waals surface area contributed by atoms with E-state index in [1.807, 2.05) is 18.2 Å². The Morgan fingerprint density at radius 2 is 1.26 bits per heavy atom. The van der Waals surface area contributed by atoms with Crippen LogP contribution in [0.25, 0.3) is 0 Å². The molecule has 0 aliphatic rings. The maximum atomic E-state index is 11.4. The van der Waals surface area contributed by atoms with E-state index >= 15 is 0 Å². The quantitative estimate of drug-likeness (QED) is 0.300. The molecule has 2 unspecified atom stereocenters. The fourth-order valence-electron chi connectivity index (χ4n) is 2.69. The largest absolute Gasteiger partial charge is 0.389 e. The Morgan fingerprint density at radius 3 is 1.78 bits per heavy atom. The Hall–Kier alpha value is -1.39. The van der Waals surface area contributed by atoms with Crippen LogP contribution in [0.5, 0.6) is 0 Å². The number of rotatable bonds is 16. The third-order valence-corrected chi connectivity index (χ3v) is 4.51. The fraction of sp³-hybridized carbons (Fsp3) is 0.696. The summed E-state index contributed by atoms with van der Waals surface area (Å²) in [4.78, 5) is 13.0. The molecule has 0 aromatic heterocycles. The molecule has 0 aliphatic carbocycles. The van der Waals surface area contributed by atoms with E-state index in [0.29, 0.717) is 12.8 Å². The molecule has 1 amide bonds. The molecule has 2 atom stereocenters. The van der Waals surface area contributed by atoms with Crippen molar-refractivity contribution in [1.29, 1.82) is 0 Å². The highest BCUT2D eigenvalue weighted by molar-refractivity contribution is 5.75. The maximum absolute atomic E-state index is 11.4. The van der Waals surface area contributed by atoms with Crippen LogP contribution in [0.1, 0.15) is 77.6 Å². The third-order valence-electron chi connectivity index (χ3n) is 4.51. The van der Waals surface area contributed by atoms with Gasteiger partial charge in [0, 0.05) is 20.5 Å². The van der Waals surface area contributed by atoms with E-state index in [2.05, 4.69) is 6.92 Å². The van der Waals surface area contributed by atoms with Gasteiger partial charge in [0.2, 0.25) is 5.91 Å². The summed E-state index contributed by atoms with van der Waals surface area (Å²) in [5.74, 6) is 0.0198. The van der Waals surface area contributed by atoms with Crippen LogP contribution in [-0.4, -0.2) is 47.3 Å². The summed E-state index contributed by atoms with van der Waals surface area (Å²) in [5.41, 5.74) is 0. The smallest absolute Gasteiger partial charge is 0.222 e. The predicted molar refractivity (Wildman–Crippen MR) is 115 cm³/mol. The van der Waals surface area contributed by atoms with E-state index in [1.165, 1.54) is 49.8 Å². The van der Waals surface area contributed by atoms with E-state index in [1.54, 1.807) is 32.3 Å². The first kappa shape index (κ1) is 25.6. The normalized spacial score (nSPS) is 14.4. The molecule has 0 fully saturated rings. The minimum absolute atomic E-state index is 0.0198. The van der Waals surface area contributed by atoms with Crippen molar-refractivity contribution >= 4 is 5.91 Å². The molecule has 0 heterocycles. The summed E-state index contributed by atoms with van der Waals surface area (Å²) in [6.07, 6.45) is 21.5. The maximum Gasteiger partial charge on any atom is 0.222 e. The highest BCUT2D eigenvalue weighted by Crippen LogP contribution is 2.11. The first-order valence-corrected chi connectivity index (χ1v) is 10.5. The van der Waals surface area contributed by atoms with Crippen LogP contribution in [-0.2, 0) is 4.79 Å². The molecule has 0 radical (unpaired) electrons. The van der Waals surface area contributed by atoms with Crippen molar-refractivity contribution < 1.29 is 15.0 Å². The summed E-state index contributed by atoms with van der Waals surface area (Å²) in [6.45, 7) is 2.24. The van der Waals surface area contributed by atoms with E-state index < -0.39 is 6.10 Å². The Morgan fingerprint density at radius 1 is 0.778 bits per heavy atom. The fourth-order valence-corrected chi connectivity index (χ4v) is 2.69. The lowest BCUT2D eigenvalue weighted by Gasteiger charge is -2.10. The number of unbranched alkanes of at least 4 members (excludes halogenated alkanes) is 7. The van der Waals surface area contributed by atoms with Gasteiger partial charge in [-0.1, -0.05) is 94.7 Å². The monoisotopic (exact) mass is 379 g/mol. The third kappa shape index (κ3) is 17.8. The lowest BCUT2D eigenvalue weighted by atomic mass is 10.1. The van der Waals surface area contributed by atoms with Crippen LogP contribution in [0.2, 0.25) is 0 Å². The Labute approximate surface area is 166 Å². The molecule has 4 nitrogen and oxygen atoms in total. The number of carbonyl (C=O) groups is 1. The molecule has 27 heavy (non-hydrogen) atoms. The molecule has 0 saturated heterocycles. The average Bonchev–Trinajstić information content (AvgIpc) is 2.64. The van der Waals surface area contributed by atoms with Gasteiger partial charge in [-0.05, 0) is 12.8 Å². The Bertz CT molecular complexity index is 441. The van der Waals surface area contributed by atoms with Crippen molar-refractivity contribution in [2.45, 2.75) is 89.8 Å². The van der Waals surface area contributed by atoms with Gasteiger partial charge in [0.15, 0.2) is 0 Å². The number of carbonyl (C=O) groups excluding carboxylic acids is 1. The summed E-state index contributed by atoms with van der Waals surface area (Å²) >= 11 is 0. The molecule has 0 saturated carbocycles. The van der Waals surface area contributed by atoms with E-state index in [4.69, 9.17) is 0 Å². The predicted octanol–water partition coefficient (Wildman–Crippen LogP) is 4.78. The number of aliphatic hydroxyl groups excluding tert-OH is 2. The summed E-state index contributed by atoms with van der Waals surface area (Å²) in [5, 5.41) is 19.7. The highest BCUT2D eigenvalue weighted by Gasteiger charge is 2.06. The first-order chi connectivity index (χ1) is 13.0. The first-order valence-electron chi connectivity index (χ1n) is 10.5. The van der Waals surface area contributed by atoms with Crippen molar-refractivity contribution in [3.63, 3.8) is 0 Å². The van der Waals surface area contributed by atoms with Gasteiger partial charge in [0.1, 0.15) is 0 Å². The number of hydrogen-bond acceptors (Lipinski definition) is 3. The average molecular weight is 380 g/mol. The minimum atomic E-state index is -0.616. The van der Waals surface area contributed by atoms with Gasteiger partial charge in [-0.25, -0.2) is 0 Å². The minimum Gasteiger partial charge on any atom is -0.389 e. The van der Waals surface area contributed by atoms with Crippen LogP contribution >= 0.6 is 0 Å². The number of allylic oxidation sites excluding steroid dienone is 4. The van der Waals surface area contributed by atoms with Gasteiger partial charge in [-0.2, -0.15) is 0 Å². The number of amides is 1. The van der Waals surface area contributed by atoms with Gasteiger partial charge in [-0.3, -0.25) is 4.79 Å². The van der Waals surface area contributed by atoms with Crippen LogP contribution in [0.15, 0.2) is 36.5 Å². The van der Waals surface area contributed by atoms with Crippen LogP contribution in [0.4, 0.5) is 0 Å². The van der Waals surface area contributed by atoms with Gasteiger partial charge in [0.25, 0.3) is 0 Å². The van der Waals surface area contributed by atoms with Crippen molar-refractivity contribution in [1.82, 2.24) is 4.90 Å². The van der Waals surface area contributed by atoms with Gasteiger partial charge in [-0.15, -0.1) is 0 Å². The Kier molecular flexibility index (Phi) is 17.1. The molecule has 0 aliphatic heterocycles. The Balaban J connectivity index is 3.73. The van der Waals surface area contributed by atoms with Gasteiger partial charge < -0.3 is 15.1 Å². The van der Waals surface area contributed by atoms with Crippen molar-refractivity contribution in [3.05, 3.63) is 36.5 Å². The molecular weight excluding hydrogens is 338 g/mol. The summed E-state index contributed by atoms with van der Waals surface area (Å²) in [6, 6.07) is 0. The second-order valence-electron chi connectivity index (χ2n) is 7.38. The number of hydrogen-bond donors (Lipinski definition) is 2. The van der Waals surface area contributed by atoms with Crippen LogP contribution < -0.4 is 0 Å². The standard InChI is InChI=1S/C23H41NO3/c1-4-5-6-7-8-9-10-13-16-21(25)17-14-11-12-15-18-22(26)19-20-23(27)24(2)3/h11-12,14-15,17-18,21-22,25-26H,4-10,13,16,19-20H2,1-3H3/b12-11-,17-14+,18-15+. The second-order valence-corrected chi connectivity index (χ2v) is 7.38. The topological polar surface area (TPSA) is 60.8 Å². The molecule has 4 heteroatoms. The van der Waals surface area contributed by atoms with E-state index in [0.717, 1.165) is 12.8 Å². The van der Waals surface area contributed by atoms with Gasteiger partial charge in [0.05, 0.1) is 12.2 Å². The number of nitrogens with zero attached hydrogens (tertiary/aromatic N) is 1. The molecule has 0 bridgehead atoms. The van der Waals surface area contributed by atoms with Crippen molar-refractivity contribution in [3.8, 4) is 0 Å². The SMILES string of the molecule is CCCCCCCCCCC(O)/C=C/C=C\C=C\C(O)CCC(=O)N(C)C. The molecular formula is C23H41NO3. The van der Waals surface area contributed by atoms with Crippen molar-refractivity contribution in [2.75, 3.05) is 14.1 Å².